The number of aryl methyl sites for hydroxylation is 1. The van der Waals surface area contributed by atoms with Gasteiger partial charge in [-0.3, -0.25) is 4.68 Å². The van der Waals surface area contributed by atoms with Crippen LogP contribution in [0, 0.1) is 0 Å². The minimum atomic E-state index is 0.139. The van der Waals surface area contributed by atoms with Crippen LogP contribution in [0.1, 0.15) is 24.2 Å². The summed E-state index contributed by atoms with van der Waals surface area (Å²) in [6, 6.07) is 8.63. The molecule has 1 aromatic carbocycles. The number of hydrogen-bond donors (Lipinski definition) is 1. The highest BCUT2D eigenvalue weighted by Gasteiger charge is 2.21. The summed E-state index contributed by atoms with van der Waals surface area (Å²) in [6.07, 6.45) is 3.97. The van der Waals surface area contributed by atoms with Crippen LogP contribution in [0.2, 0.25) is 0 Å². The smallest absolute Gasteiger partial charge is 0.0768 e. The third-order valence-corrected chi connectivity index (χ3v) is 4.57. The van der Waals surface area contributed by atoms with E-state index in [4.69, 9.17) is 0 Å². The summed E-state index contributed by atoms with van der Waals surface area (Å²) in [5.41, 5.74) is 2.46. The maximum absolute atomic E-state index is 4.41. The molecule has 0 saturated heterocycles. The second kappa shape index (κ2) is 6.59. The van der Waals surface area contributed by atoms with Crippen molar-refractivity contribution in [3.05, 3.63) is 46.2 Å². The Labute approximate surface area is 126 Å². The van der Waals surface area contributed by atoms with E-state index in [1.165, 1.54) is 16.2 Å². The zero-order chi connectivity index (χ0) is 13.8. The van der Waals surface area contributed by atoms with Gasteiger partial charge in [-0.1, -0.05) is 18.2 Å². The molecule has 0 amide bonds. The van der Waals surface area contributed by atoms with Crippen LogP contribution in [0.4, 0.5) is 0 Å². The van der Waals surface area contributed by atoms with Gasteiger partial charge in [-0.05, 0) is 47.8 Å². The lowest BCUT2D eigenvalue weighted by Crippen LogP contribution is -2.22. The highest BCUT2D eigenvalue weighted by atomic mass is 79.9. The van der Waals surface area contributed by atoms with E-state index in [0.29, 0.717) is 0 Å². The standard InChI is InChI=1S/C14H18BrN3S/c1-4-18-14(11(15)9-17-18)13(16-2)10-7-5-6-8-12(10)19-3/h5-9,13,16H,4H2,1-3H3. The van der Waals surface area contributed by atoms with E-state index in [1.807, 2.05) is 17.9 Å². The molecule has 19 heavy (non-hydrogen) atoms. The van der Waals surface area contributed by atoms with Crippen molar-refractivity contribution in [2.75, 3.05) is 13.3 Å². The van der Waals surface area contributed by atoms with Crippen LogP contribution < -0.4 is 5.32 Å². The molecular formula is C14H18BrN3S. The van der Waals surface area contributed by atoms with Crippen LogP contribution in [0.3, 0.4) is 0 Å². The molecule has 0 bridgehead atoms. The predicted octanol–water partition coefficient (Wildman–Crippen LogP) is 3.70. The van der Waals surface area contributed by atoms with E-state index in [1.54, 1.807) is 11.8 Å². The van der Waals surface area contributed by atoms with Crippen LogP contribution in [-0.4, -0.2) is 23.1 Å². The number of benzene rings is 1. The highest BCUT2D eigenvalue weighted by molar-refractivity contribution is 9.10. The van der Waals surface area contributed by atoms with Crippen molar-refractivity contribution in [3.63, 3.8) is 0 Å². The topological polar surface area (TPSA) is 29.9 Å². The number of nitrogens with one attached hydrogen (secondary N) is 1. The Balaban J connectivity index is 2.53. The summed E-state index contributed by atoms with van der Waals surface area (Å²) in [5, 5.41) is 7.81. The zero-order valence-electron chi connectivity index (χ0n) is 11.4. The van der Waals surface area contributed by atoms with Crippen LogP contribution in [0.25, 0.3) is 0 Å². The number of rotatable bonds is 5. The van der Waals surface area contributed by atoms with Crippen molar-refractivity contribution >= 4 is 27.7 Å². The summed E-state index contributed by atoms with van der Waals surface area (Å²) < 4.78 is 3.08. The van der Waals surface area contributed by atoms with Gasteiger partial charge in [0.2, 0.25) is 0 Å². The van der Waals surface area contributed by atoms with Gasteiger partial charge in [0.1, 0.15) is 0 Å². The quantitative estimate of drug-likeness (QED) is 0.842. The molecule has 1 N–H and O–H groups in total. The fraction of sp³-hybridized carbons (Fsp3) is 0.357. The van der Waals surface area contributed by atoms with E-state index in [-0.39, 0.29) is 6.04 Å². The molecule has 2 rings (SSSR count). The summed E-state index contributed by atoms with van der Waals surface area (Å²) in [4.78, 5) is 1.29. The van der Waals surface area contributed by atoms with Gasteiger partial charge in [-0.25, -0.2) is 0 Å². The summed E-state index contributed by atoms with van der Waals surface area (Å²) in [6.45, 7) is 2.97. The lowest BCUT2D eigenvalue weighted by molar-refractivity contribution is 0.557. The van der Waals surface area contributed by atoms with Gasteiger partial charge in [0.05, 0.1) is 22.4 Å². The number of nitrogens with zero attached hydrogens (tertiary/aromatic N) is 2. The Kier molecular flexibility index (Phi) is 5.07. The van der Waals surface area contributed by atoms with Crippen LogP contribution in [0.5, 0.6) is 0 Å². The molecule has 0 fully saturated rings. The van der Waals surface area contributed by atoms with Gasteiger partial charge in [0.25, 0.3) is 0 Å². The maximum Gasteiger partial charge on any atom is 0.0768 e. The Bertz CT molecular complexity index is 553. The summed E-state index contributed by atoms with van der Waals surface area (Å²) in [7, 11) is 1.99. The van der Waals surface area contributed by atoms with Crippen molar-refractivity contribution in [1.29, 1.82) is 0 Å². The normalized spacial score (nSPS) is 12.6. The fourth-order valence-electron chi connectivity index (χ4n) is 2.26. The first kappa shape index (κ1) is 14.6. The molecule has 0 radical (unpaired) electrons. The second-order valence-electron chi connectivity index (χ2n) is 4.16. The largest absolute Gasteiger partial charge is 0.308 e. The molecule has 102 valence electrons. The van der Waals surface area contributed by atoms with Crippen LogP contribution >= 0.6 is 27.7 Å². The average Bonchev–Trinajstić information content (AvgIpc) is 2.82. The Hall–Kier alpha value is -0.780. The molecule has 5 heteroatoms. The van der Waals surface area contributed by atoms with E-state index >= 15 is 0 Å². The first-order chi connectivity index (χ1) is 9.22. The molecule has 0 aliphatic rings. The predicted molar refractivity (Wildman–Crippen MR) is 84.7 cm³/mol. The van der Waals surface area contributed by atoms with E-state index in [0.717, 1.165) is 11.0 Å². The average molecular weight is 340 g/mol. The van der Waals surface area contributed by atoms with Gasteiger partial charge in [-0.2, -0.15) is 5.10 Å². The summed E-state index contributed by atoms with van der Waals surface area (Å²) >= 11 is 5.38. The van der Waals surface area contributed by atoms with Gasteiger partial charge >= 0.3 is 0 Å². The molecule has 1 atom stereocenters. The molecule has 2 aromatic rings. The highest BCUT2D eigenvalue weighted by Crippen LogP contribution is 2.33. The first-order valence-corrected chi connectivity index (χ1v) is 8.26. The minimum Gasteiger partial charge on any atom is -0.308 e. The second-order valence-corrected chi connectivity index (χ2v) is 5.86. The lowest BCUT2D eigenvalue weighted by Gasteiger charge is -2.21. The third kappa shape index (κ3) is 2.88. The number of aromatic nitrogens is 2. The SMILES string of the molecule is CCn1ncc(Br)c1C(NC)c1ccccc1SC. The molecule has 1 unspecified atom stereocenters. The number of halogens is 1. The zero-order valence-corrected chi connectivity index (χ0v) is 13.8. The number of hydrogen-bond acceptors (Lipinski definition) is 3. The monoisotopic (exact) mass is 339 g/mol. The van der Waals surface area contributed by atoms with Crippen LogP contribution in [-0.2, 0) is 6.54 Å². The third-order valence-electron chi connectivity index (χ3n) is 3.14. The molecule has 0 aliphatic heterocycles. The van der Waals surface area contributed by atoms with Crippen LogP contribution in [0.15, 0.2) is 39.8 Å². The fourth-order valence-corrected chi connectivity index (χ4v) is 3.42. The molecule has 0 aliphatic carbocycles. The van der Waals surface area contributed by atoms with E-state index in [9.17, 15) is 0 Å². The lowest BCUT2D eigenvalue weighted by atomic mass is 10.0. The van der Waals surface area contributed by atoms with Gasteiger partial charge in [0, 0.05) is 11.4 Å². The van der Waals surface area contributed by atoms with E-state index in [2.05, 4.69) is 63.8 Å². The Morgan fingerprint density at radius 2 is 2.16 bits per heavy atom. The Morgan fingerprint density at radius 1 is 1.42 bits per heavy atom. The van der Waals surface area contributed by atoms with Gasteiger partial charge in [0.15, 0.2) is 0 Å². The molecule has 0 saturated carbocycles. The first-order valence-electron chi connectivity index (χ1n) is 6.24. The van der Waals surface area contributed by atoms with Crippen molar-refractivity contribution in [1.82, 2.24) is 15.1 Å². The minimum absolute atomic E-state index is 0.139. The molecule has 1 heterocycles. The van der Waals surface area contributed by atoms with Crippen molar-refractivity contribution < 1.29 is 0 Å². The molecular weight excluding hydrogens is 322 g/mol. The number of thioether (sulfide) groups is 1. The van der Waals surface area contributed by atoms with Crippen molar-refractivity contribution in [3.8, 4) is 0 Å². The maximum atomic E-state index is 4.41. The van der Waals surface area contributed by atoms with E-state index < -0.39 is 0 Å². The van der Waals surface area contributed by atoms with Crippen molar-refractivity contribution in [2.24, 2.45) is 0 Å². The Morgan fingerprint density at radius 3 is 2.79 bits per heavy atom. The summed E-state index contributed by atoms with van der Waals surface area (Å²) in [5.74, 6) is 0. The molecule has 1 aromatic heterocycles. The van der Waals surface area contributed by atoms with Gasteiger partial charge in [-0.15, -0.1) is 11.8 Å². The molecule has 0 spiro atoms. The van der Waals surface area contributed by atoms with Gasteiger partial charge < -0.3 is 5.32 Å². The van der Waals surface area contributed by atoms with Crippen molar-refractivity contribution in [2.45, 2.75) is 24.4 Å². The molecule has 3 nitrogen and oxygen atoms in total.